The van der Waals surface area contributed by atoms with Gasteiger partial charge in [-0.2, -0.15) is 0 Å². The normalized spacial score (nSPS) is 10.3. The molecule has 0 unspecified atom stereocenters. The second-order valence-electron chi connectivity index (χ2n) is 3.82. The summed E-state index contributed by atoms with van der Waals surface area (Å²) in [5.74, 6) is 0.696. The van der Waals surface area contributed by atoms with Crippen molar-refractivity contribution in [3.8, 4) is 5.75 Å². The second-order valence-corrected chi connectivity index (χ2v) is 3.82. The minimum Gasteiger partial charge on any atom is -0.497 e. The van der Waals surface area contributed by atoms with Crippen molar-refractivity contribution in [2.75, 3.05) is 7.11 Å². The molecule has 0 radical (unpaired) electrons. The highest BCUT2D eigenvalue weighted by Gasteiger charge is 2.09. The number of ether oxygens (including phenoxy) is 1. The molecule has 0 aliphatic rings. The Morgan fingerprint density at radius 1 is 1.39 bits per heavy atom. The molecule has 0 fully saturated rings. The molecule has 2 rings (SSSR count). The van der Waals surface area contributed by atoms with Crippen molar-refractivity contribution >= 4 is 5.82 Å². The SMILES string of the molecule is COc1ccc(CCn2cnc([N+](=O)[O-])c2)cc1. The number of methoxy groups -OCH3 is 1. The van der Waals surface area contributed by atoms with Gasteiger partial charge in [0, 0.05) is 6.54 Å². The van der Waals surface area contributed by atoms with Gasteiger partial charge in [-0.25, -0.2) is 0 Å². The molecule has 0 saturated heterocycles. The summed E-state index contributed by atoms with van der Waals surface area (Å²) in [6, 6.07) is 7.74. The fourth-order valence-corrected chi connectivity index (χ4v) is 1.62. The summed E-state index contributed by atoms with van der Waals surface area (Å²) in [5, 5.41) is 10.5. The summed E-state index contributed by atoms with van der Waals surface area (Å²) in [4.78, 5) is 13.7. The molecule has 18 heavy (non-hydrogen) atoms. The molecule has 1 heterocycles. The van der Waals surface area contributed by atoms with E-state index >= 15 is 0 Å². The zero-order valence-electron chi connectivity index (χ0n) is 9.94. The number of aromatic nitrogens is 2. The third-order valence-corrected chi connectivity index (χ3v) is 2.62. The molecule has 0 aliphatic heterocycles. The number of rotatable bonds is 5. The van der Waals surface area contributed by atoms with Crippen LogP contribution in [0.3, 0.4) is 0 Å². The van der Waals surface area contributed by atoms with Crippen molar-refractivity contribution in [3.63, 3.8) is 0 Å². The lowest BCUT2D eigenvalue weighted by atomic mass is 10.1. The Hall–Kier alpha value is -2.37. The van der Waals surface area contributed by atoms with Gasteiger partial charge in [-0.1, -0.05) is 12.1 Å². The maximum absolute atomic E-state index is 10.5. The van der Waals surface area contributed by atoms with Crippen LogP contribution in [0.25, 0.3) is 0 Å². The van der Waals surface area contributed by atoms with Gasteiger partial charge in [0.2, 0.25) is 6.33 Å². The summed E-state index contributed by atoms with van der Waals surface area (Å²) in [7, 11) is 1.62. The van der Waals surface area contributed by atoms with E-state index in [1.165, 1.54) is 12.5 Å². The van der Waals surface area contributed by atoms with Crippen LogP contribution in [0.15, 0.2) is 36.8 Å². The standard InChI is InChI=1S/C12H13N3O3/c1-18-11-4-2-10(3-5-11)6-7-14-8-12(13-9-14)15(16)17/h2-5,8-9H,6-7H2,1H3. The Kier molecular flexibility index (Phi) is 3.57. The Morgan fingerprint density at radius 2 is 2.11 bits per heavy atom. The minimum absolute atomic E-state index is 0.121. The fourth-order valence-electron chi connectivity index (χ4n) is 1.62. The second kappa shape index (κ2) is 5.31. The van der Waals surface area contributed by atoms with Crippen molar-refractivity contribution in [1.82, 2.24) is 9.55 Å². The Morgan fingerprint density at radius 3 is 2.67 bits per heavy atom. The topological polar surface area (TPSA) is 70.2 Å². The first-order valence-corrected chi connectivity index (χ1v) is 5.48. The largest absolute Gasteiger partial charge is 0.497 e. The van der Waals surface area contributed by atoms with Crippen LogP contribution in [0.1, 0.15) is 5.56 Å². The van der Waals surface area contributed by atoms with Crippen LogP contribution in [0.2, 0.25) is 0 Å². The molecule has 6 heteroatoms. The Bertz CT molecular complexity index is 534. The predicted octanol–water partition coefficient (Wildman–Crippen LogP) is 2.04. The lowest BCUT2D eigenvalue weighted by Crippen LogP contribution is -1.98. The van der Waals surface area contributed by atoms with E-state index in [9.17, 15) is 10.1 Å². The lowest BCUT2D eigenvalue weighted by Gasteiger charge is -2.03. The maximum Gasteiger partial charge on any atom is 0.381 e. The van der Waals surface area contributed by atoms with Crippen LogP contribution in [-0.4, -0.2) is 21.6 Å². The summed E-state index contributed by atoms with van der Waals surface area (Å²) < 4.78 is 6.78. The number of hydrogen-bond donors (Lipinski definition) is 0. The monoisotopic (exact) mass is 247 g/mol. The summed E-state index contributed by atoms with van der Waals surface area (Å²) in [5.41, 5.74) is 1.15. The maximum atomic E-state index is 10.5. The number of benzene rings is 1. The molecule has 0 amide bonds. The van der Waals surface area contributed by atoms with E-state index in [0.717, 1.165) is 17.7 Å². The molecule has 0 atom stereocenters. The number of imidazole rings is 1. The van der Waals surface area contributed by atoms with Crippen LogP contribution in [0, 0.1) is 10.1 Å². The quantitative estimate of drug-likeness (QED) is 0.598. The number of hydrogen-bond acceptors (Lipinski definition) is 4. The van der Waals surface area contributed by atoms with Gasteiger partial charge in [0.15, 0.2) is 0 Å². The molecule has 0 aliphatic carbocycles. The van der Waals surface area contributed by atoms with E-state index in [1.54, 1.807) is 11.7 Å². The van der Waals surface area contributed by atoms with Crippen molar-refractivity contribution in [3.05, 3.63) is 52.5 Å². The minimum atomic E-state index is -0.496. The smallest absolute Gasteiger partial charge is 0.381 e. The Balaban J connectivity index is 1.95. The first-order valence-electron chi connectivity index (χ1n) is 5.48. The van der Waals surface area contributed by atoms with E-state index in [4.69, 9.17) is 4.74 Å². The zero-order valence-corrected chi connectivity index (χ0v) is 9.94. The van der Waals surface area contributed by atoms with Gasteiger partial charge >= 0.3 is 5.82 Å². The number of aryl methyl sites for hydroxylation is 2. The van der Waals surface area contributed by atoms with Gasteiger partial charge in [-0.3, -0.25) is 0 Å². The van der Waals surface area contributed by atoms with E-state index in [0.29, 0.717) is 6.54 Å². The highest BCUT2D eigenvalue weighted by molar-refractivity contribution is 5.27. The third-order valence-electron chi connectivity index (χ3n) is 2.62. The van der Waals surface area contributed by atoms with Gasteiger partial charge in [0.05, 0.1) is 7.11 Å². The van der Waals surface area contributed by atoms with Crippen LogP contribution in [0.5, 0.6) is 5.75 Å². The summed E-state index contributed by atoms with van der Waals surface area (Å²) in [6.07, 6.45) is 3.70. The van der Waals surface area contributed by atoms with Gasteiger partial charge in [0.1, 0.15) is 11.9 Å². The van der Waals surface area contributed by atoms with E-state index in [-0.39, 0.29) is 5.82 Å². The van der Waals surface area contributed by atoms with Crippen molar-refractivity contribution in [2.24, 2.45) is 0 Å². The molecule has 2 aromatic rings. The van der Waals surface area contributed by atoms with Crippen LogP contribution in [-0.2, 0) is 13.0 Å². The van der Waals surface area contributed by atoms with E-state index < -0.39 is 4.92 Å². The molecule has 0 bridgehead atoms. The van der Waals surface area contributed by atoms with Crippen LogP contribution in [0.4, 0.5) is 5.82 Å². The molecule has 1 aromatic carbocycles. The average Bonchev–Trinajstić information content (AvgIpc) is 2.86. The van der Waals surface area contributed by atoms with Crippen LogP contribution < -0.4 is 4.74 Å². The number of nitro groups is 1. The molecule has 0 spiro atoms. The molecular weight excluding hydrogens is 234 g/mol. The van der Waals surface area contributed by atoms with Crippen molar-refractivity contribution in [2.45, 2.75) is 13.0 Å². The van der Waals surface area contributed by atoms with Gasteiger partial charge in [-0.15, -0.1) is 0 Å². The van der Waals surface area contributed by atoms with Crippen molar-refractivity contribution in [1.29, 1.82) is 0 Å². The lowest BCUT2D eigenvalue weighted by molar-refractivity contribution is -0.389. The predicted molar refractivity (Wildman–Crippen MR) is 65.6 cm³/mol. The van der Waals surface area contributed by atoms with E-state index in [1.807, 2.05) is 24.3 Å². The highest BCUT2D eigenvalue weighted by atomic mass is 16.6. The zero-order chi connectivity index (χ0) is 13.0. The molecule has 94 valence electrons. The van der Waals surface area contributed by atoms with E-state index in [2.05, 4.69) is 4.98 Å². The molecule has 1 aromatic heterocycles. The van der Waals surface area contributed by atoms with Gasteiger partial charge in [-0.05, 0) is 34.0 Å². The molecule has 0 N–H and O–H groups in total. The first kappa shape index (κ1) is 12.1. The van der Waals surface area contributed by atoms with Crippen LogP contribution >= 0.6 is 0 Å². The van der Waals surface area contributed by atoms with Crippen molar-refractivity contribution < 1.29 is 9.66 Å². The summed E-state index contributed by atoms with van der Waals surface area (Å²) >= 11 is 0. The summed E-state index contributed by atoms with van der Waals surface area (Å²) in [6.45, 7) is 0.660. The van der Waals surface area contributed by atoms with Gasteiger partial charge < -0.3 is 19.4 Å². The third kappa shape index (κ3) is 2.85. The fraction of sp³-hybridized carbons (Fsp3) is 0.250. The Labute approximate surface area is 104 Å². The molecule has 6 nitrogen and oxygen atoms in total. The first-order chi connectivity index (χ1) is 8.69. The molecule has 0 saturated carbocycles. The number of nitrogens with zero attached hydrogens (tertiary/aromatic N) is 3. The molecular formula is C12H13N3O3. The van der Waals surface area contributed by atoms with Gasteiger partial charge in [0.25, 0.3) is 0 Å². The highest BCUT2D eigenvalue weighted by Crippen LogP contribution is 2.13. The average molecular weight is 247 g/mol.